The van der Waals surface area contributed by atoms with Crippen molar-refractivity contribution in [2.45, 2.75) is 46.1 Å². The number of hydrogen-bond acceptors (Lipinski definition) is 3. The van der Waals surface area contributed by atoms with E-state index in [4.69, 9.17) is 0 Å². The van der Waals surface area contributed by atoms with Crippen molar-refractivity contribution in [3.8, 4) is 0 Å². The minimum absolute atomic E-state index is 0.0867. The Morgan fingerprint density at radius 1 is 1.26 bits per heavy atom. The topological polar surface area (TPSA) is 57.7 Å². The van der Waals surface area contributed by atoms with E-state index in [1.165, 1.54) is 10.6 Å². The standard InChI is InChI=1S/C17H26N2O3S/c1-5-15(17(20)18-10-6-7-11-18)19(23(4,21)22)16-12-13(2)8-9-14(16)3/h8-9,12,15H,5-7,10-11H2,1-4H3/t15-/m1/s1. The molecule has 23 heavy (non-hydrogen) atoms. The van der Waals surface area contributed by atoms with Gasteiger partial charge in [0.2, 0.25) is 15.9 Å². The summed E-state index contributed by atoms with van der Waals surface area (Å²) in [7, 11) is -3.56. The van der Waals surface area contributed by atoms with Crippen LogP contribution in [0.1, 0.15) is 37.3 Å². The van der Waals surface area contributed by atoms with Crippen LogP contribution in [0, 0.1) is 13.8 Å². The minimum Gasteiger partial charge on any atom is -0.341 e. The molecule has 2 rings (SSSR count). The van der Waals surface area contributed by atoms with Gasteiger partial charge in [-0.15, -0.1) is 0 Å². The number of likely N-dealkylation sites (tertiary alicyclic amines) is 1. The zero-order valence-corrected chi connectivity index (χ0v) is 15.2. The van der Waals surface area contributed by atoms with Crippen LogP contribution in [0.3, 0.4) is 0 Å². The second-order valence-electron chi connectivity index (χ2n) is 6.31. The SMILES string of the molecule is CC[C@H](C(=O)N1CCCC1)N(c1cc(C)ccc1C)S(C)(=O)=O. The number of benzene rings is 1. The molecule has 1 aliphatic heterocycles. The zero-order chi connectivity index (χ0) is 17.2. The van der Waals surface area contributed by atoms with Crippen LogP contribution in [0.25, 0.3) is 0 Å². The number of rotatable bonds is 5. The van der Waals surface area contributed by atoms with Gasteiger partial charge in [0, 0.05) is 13.1 Å². The van der Waals surface area contributed by atoms with E-state index in [0.717, 1.165) is 37.1 Å². The van der Waals surface area contributed by atoms with Crippen molar-refractivity contribution < 1.29 is 13.2 Å². The van der Waals surface area contributed by atoms with Gasteiger partial charge in [-0.2, -0.15) is 0 Å². The fraction of sp³-hybridized carbons (Fsp3) is 0.588. The summed E-state index contributed by atoms with van der Waals surface area (Å²) in [6.45, 7) is 7.11. The molecule has 1 saturated heterocycles. The molecule has 0 radical (unpaired) electrons. The van der Waals surface area contributed by atoms with Gasteiger partial charge in [-0.25, -0.2) is 8.42 Å². The van der Waals surface area contributed by atoms with E-state index < -0.39 is 16.1 Å². The molecule has 0 N–H and O–H groups in total. The molecule has 0 spiro atoms. The lowest BCUT2D eigenvalue weighted by Gasteiger charge is -2.33. The van der Waals surface area contributed by atoms with E-state index in [0.29, 0.717) is 12.1 Å². The van der Waals surface area contributed by atoms with Gasteiger partial charge in [0.1, 0.15) is 6.04 Å². The largest absolute Gasteiger partial charge is 0.341 e. The Kier molecular flexibility index (Phi) is 5.34. The fourth-order valence-electron chi connectivity index (χ4n) is 3.12. The van der Waals surface area contributed by atoms with E-state index in [1.807, 2.05) is 39.0 Å². The van der Waals surface area contributed by atoms with E-state index in [2.05, 4.69) is 0 Å². The molecule has 0 unspecified atom stereocenters. The lowest BCUT2D eigenvalue weighted by Crippen LogP contribution is -2.50. The van der Waals surface area contributed by atoms with Crippen molar-refractivity contribution in [3.05, 3.63) is 29.3 Å². The number of hydrogen-bond donors (Lipinski definition) is 0. The van der Waals surface area contributed by atoms with E-state index in [1.54, 1.807) is 4.90 Å². The van der Waals surface area contributed by atoms with Crippen LogP contribution in [0.5, 0.6) is 0 Å². The van der Waals surface area contributed by atoms with Crippen LogP contribution in [0.4, 0.5) is 5.69 Å². The number of aryl methyl sites for hydroxylation is 2. The Hall–Kier alpha value is -1.56. The van der Waals surface area contributed by atoms with Gasteiger partial charge in [0.05, 0.1) is 11.9 Å². The highest BCUT2D eigenvalue weighted by atomic mass is 32.2. The number of carbonyl (C=O) groups excluding carboxylic acids is 1. The summed E-state index contributed by atoms with van der Waals surface area (Å²) in [5.74, 6) is -0.0867. The van der Waals surface area contributed by atoms with Crippen molar-refractivity contribution in [1.82, 2.24) is 4.90 Å². The molecule has 0 aromatic heterocycles. The van der Waals surface area contributed by atoms with Crippen LogP contribution in [0.2, 0.25) is 0 Å². The normalized spacial score (nSPS) is 16.4. The second-order valence-corrected chi connectivity index (χ2v) is 8.16. The van der Waals surface area contributed by atoms with Crippen molar-refractivity contribution in [2.24, 2.45) is 0 Å². The molecule has 1 fully saturated rings. The lowest BCUT2D eigenvalue weighted by molar-refractivity contribution is -0.131. The molecule has 1 aromatic rings. The van der Waals surface area contributed by atoms with Crippen LogP contribution in [-0.2, 0) is 14.8 Å². The molecule has 0 saturated carbocycles. The highest BCUT2D eigenvalue weighted by Gasteiger charge is 2.35. The Morgan fingerprint density at radius 2 is 1.87 bits per heavy atom. The molecule has 128 valence electrons. The predicted molar refractivity (Wildman–Crippen MR) is 93.1 cm³/mol. The van der Waals surface area contributed by atoms with Crippen LogP contribution < -0.4 is 4.31 Å². The first-order chi connectivity index (χ1) is 10.8. The van der Waals surface area contributed by atoms with Gasteiger partial charge in [0.25, 0.3) is 0 Å². The molecule has 1 amide bonds. The quantitative estimate of drug-likeness (QED) is 0.829. The van der Waals surface area contributed by atoms with Gasteiger partial charge in [-0.3, -0.25) is 9.10 Å². The van der Waals surface area contributed by atoms with Gasteiger partial charge < -0.3 is 4.90 Å². The Morgan fingerprint density at radius 3 is 2.39 bits per heavy atom. The summed E-state index contributed by atoms with van der Waals surface area (Å²) in [4.78, 5) is 14.6. The summed E-state index contributed by atoms with van der Waals surface area (Å²) >= 11 is 0. The Balaban J connectivity index is 2.48. The van der Waals surface area contributed by atoms with Crippen LogP contribution in [0.15, 0.2) is 18.2 Å². The number of nitrogens with zero attached hydrogens (tertiary/aromatic N) is 2. The second kappa shape index (κ2) is 6.91. The van der Waals surface area contributed by atoms with Crippen molar-refractivity contribution in [1.29, 1.82) is 0 Å². The fourth-order valence-corrected chi connectivity index (χ4v) is 4.38. The van der Waals surface area contributed by atoms with Crippen LogP contribution >= 0.6 is 0 Å². The van der Waals surface area contributed by atoms with Crippen LogP contribution in [-0.4, -0.2) is 44.6 Å². The van der Waals surface area contributed by atoms with Gasteiger partial charge in [-0.05, 0) is 50.3 Å². The number of carbonyl (C=O) groups is 1. The monoisotopic (exact) mass is 338 g/mol. The van der Waals surface area contributed by atoms with Gasteiger partial charge >= 0.3 is 0 Å². The molecule has 0 aliphatic carbocycles. The summed E-state index contributed by atoms with van der Waals surface area (Å²) in [5, 5.41) is 0. The molecule has 1 aromatic carbocycles. The van der Waals surface area contributed by atoms with Gasteiger partial charge in [-0.1, -0.05) is 19.1 Å². The maximum absolute atomic E-state index is 12.9. The zero-order valence-electron chi connectivity index (χ0n) is 14.4. The molecule has 6 heteroatoms. The summed E-state index contributed by atoms with van der Waals surface area (Å²) in [5.41, 5.74) is 2.43. The lowest BCUT2D eigenvalue weighted by atomic mass is 10.1. The average molecular weight is 338 g/mol. The maximum Gasteiger partial charge on any atom is 0.246 e. The van der Waals surface area contributed by atoms with E-state index in [9.17, 15) is 13.2 Å². The minimum atomic E-state index is -3.56. The number of amides is 1. The third kappa shape index (κ3) is 3.86. The molecule has 1 heterocycles. The molecular weight excluding hydrogens is 312 g/mol. The highest BCUT2D eigenvalue weighted by Crippen LogP contribution is 2.28. The Bertz CT molecular complexity index is 679. The summed E-state index contributed by atoms with van der Waals surface area (Å²) in [6.07, 6.45) is 3.61. The van der Waals surface area contributed by atoms with Crippen molar-refractivity contribution in [3.63, 3.8) is 0 Å². The van der Waals surface area contributed by atoms with E-state index >= 15 is 0 Å². The average Bonchev–Trinajstić information content (AvgIpc) is 3.00. The van der Waals surface area contributed by atoms with Crippen molar-refractivity contribution in [2.75, 3.05) is 23.7 Å². The smallest absolute Gasteiger partial charge is 0.246 e. The first-order valence-corrected chi connectivity index (χ1v) is 9.96. The molecular formula is C17H26N2O3S. The predicted octanol–water partition coefficient (Wildman–Crippen LogP) is 2.47. The summed E-state index contributed by atoms with van der Waals surface area (Å²) < 4.78 is 26.3. The number of anilines is 1. The Labute approximate surface area is 139 Å². The molecule has 0 bridgehead atoms. The highest BCUT2D eigenvalue weighted by molar-refractivity contribution is 7.92. The molecule has 1 atom stereocenters. The first-order valence-electron chi connectivity index (χ1n) is 8.11. The molecule has 1 aliphatic rings. The van der Waals surface area contributed by atoms with E-state index in [-0.39, 0.29) is 5.91 Å². The first kappa shape index (κ1) is 17.8. The summed E-state index contributed by atoms with van der Waals surface area (Å²) in [6, 6.07) is 5.01. The maximum atomic E-state index is 12.9. The number of sulfonamides is 1. The van der Waals surface area contributed by atoms with Crippen molar-refractivity contribution >= 4 is 21.6 Å². The third-order valence-corrected chi connectivity index (χ3v) is 5.50. The third-order valence-electron chi connectivity index (χ3n) is 4.33. The van der Waals surface area contributed by atoms with Gasteiger partial charge in [0.15, 0.2) is 0 Å². The molecule has 5 nitrogen and oxygen atoms in total.